The van der Waals surface area contributed by atoms with Gasteiger partial charge in [0, 0.05) is 6.61 Å². The molecule has 0 radical (unpaired) electrons. The molecule has 4 atom stereocenters. The second kappa shape index (κ2) is 4.89. The molecule has 0 heterocycles. The molecule has 2 saturated carbocycles. The number of unbranched alkanes of at least 4 members (excludes halogenated alkanes) is 1. The van der Waals surface area contributed by atoms with Crippen LogP contribution in [0.3, 0.4) is 0 Å². The van der Waals surface area contributed by atoms with Crippen molar-refractivity contribution in [3.63, 3.8) is 0 Å². The lowest BCUT2D eigenvalue weighted by Crippen LogP contribution is -2.49. The third-order valence-electron chi connectivity index (χ3n) is 5.86. The largest absolute Gasteiger partial charge is 0.396 e. The van der Waals surface area contributed by atoms with Gasteiger partial charge in [0.25, 0.3) is 0 Å². The summed E-state index contributed by atoms with van der Waals surface area (Å²) in [5.74, 6) is 1.36. The van der Waals surface area contributed by atoms with Crippen LogP contribution in [0.5, 0.6) is 0 Å². The van der Waals surface area contributed by atoms with Gasteiger partial charge >= 0.3 is 0 Å². The van der Waals surface area contributed by atoms with E-state index in [-0.39, 0.29) is 5.41 Å². The van der Waals surface area contributed by atoms with Crippen LogP contribution in [0.2, 0.25) is 0 Å². The van der Waals surface area contributed by atoms with E-state index in [1.807, 2.05) is 0 Å². The molecule has 0 saturated heterocycles. The van der Waals surface area contributed by atoms with Crippen molar-refractivity contribution in [3.05, 3.63) is 0 Å². The predicted molar refractivity (Wildman–Crippen MR) is 69.7 cm³/mol. The molecule has 0 aromatic heterocycles. The summed E-state index contributed by atoms with van der Waals surface area (Å²) in [5.41, 5.74) is -0.227. The molecule has 2 rings (SSSR count). The quantitative estimate of drug-likeness (QED) is 0.741. The van der Waals surface area contributed by atoms with E-state index < -0.39 is 5.60 Å². The van der Waals surface area contributed by atoms with E-state index in [4.69, 9.17) is 5.11 Å². The van der Waals surface area contributed by atoms with E-state index in [1.165, 1.54) is 25.7 Å². The SMILES string of the molecule is CC1CCC2(O)CC(CCCCO)CCC12C. The molecule has 2 aliphatic rings. The third-order valence-corrected chi connectivity index (χ3v) is 5.86. The van der Waals surface area contributed by atoms with Crippen molar-refractivity contribution in [1.29, 1.82) is 0 Å². The molecule has 0 aliphatic heterocycles. The fraction of sp³-hybridized carbons (Fsp3) is 1.00. The van der Waals surface area contributed by atoms with E-state index in [0.29, 0.717) is 18.4 Å². The first-order chi connectivity index (χ1) is 8.02. The highest BCUT2D eigenvalue weighted by molar-refractivity contribution is 5.07. The summed E-state index contributed by atoms with van der Waals surface area (Å²) >= 11 is 0. The molecule has 2 nitrogen and oxygen atoms in total. The lowest BCUT2D eigenvalue weighted by Gasteiger charge is -2.49. The standard InChI is InChI=1S/C15H28O2/c1-12-6-9-15(17)11-13(5-3-4-10-16)7-8-14(12,15)2/h12-13,16-17H,3-11H2,1-2H3. The summed E-state index contributed by atoms with van der Waals surface area (Å²) in [6, 6.07) is 0. The minimum Gasteiger partial charge on any atom is -0.396 e. The van der Waals surface area contributed by atoms with Gasteiger partial charge in [-0.15, -0.1) is 0 Å². The summed E-state index contributed by atoms with van der Waals surface area (Å²) in [7, 11) is 0. The van der Waals surface area contributed by atoms with Crippen LogP contribution in [0, 0.1) is 17.3 Å². The van der Waals surface area contributed by atoms with Crippen molar-refractivity contribution in [2.45, 2.75) is 70.8 Å². The summed E-state index contributed by atoms with van der Waals surface area (Å²) < 4.78 is 0. The Hall–Kier alpha value is -0.0800. The average Bonchev–Trinajstić information content (AvgIpc) is 2.53. The van der Waals surface area contributed by atoms with Gasteiger partial charge < -0.3 is 10.2 Å². The second-order valence-corrected chi connectivity index (χ2v) is 6.72. The van der Waals surface area contributed by atoms with Crippen molar-refractivity contribution >= 4 is 0 Å². The summed E-state index contributed by atoms with van der Waals surface area (Å²) in [4.78, 5) is 0. The Morgan fingerprint density at radius 1 is 1.18 bits per heavy atom. The zero-order chi connectivity index (χ0) is 12.5. The minimum absolute atomic E-state index is 0.167. The van der Waals surface area contributed by atoms with Gasteiger partial charge in [-0.2, -0.15) is 0 Å². The van der Waals surface area contributed by atoms with Crippen LogP contribution in [-0.4, -0.2) is 22.4 Å². The zero-order valence-corrected chi connectivity index (χ0v) is 11.4. The minimum atomic E-state index is -0.394. The highest BCUT2D eigenvalue weighted by Crippen LogP contribution is 2.59. The van der Waals surface area contributed by atoms with Gasteiger partial charge in [-0.05, 0) is 55.8 Å². The first-order valence-electron chi connectivity index (χ1n) is 7.35. The molecule has 100 valence electrons. The normalized spacial score (nSPS) is 45.9. The fourth-order valence-electron chi connectivity index (χ4n) is 4.21. The molecule has 2 fully saturated rings. The van der Waals surface area contributed by atoms with Crippen LogP contribution in [0.25, 0.3) is 0 Å². The van der Waals surface area contributed by atoms with Crippen molar-refractivity contribution in [2.75, 3.05) is 6.61 Å². The van der Waals surface area contributed by atoms with Gasteiger partial charge in [-0.3, -0.25) is 0 Å². The smallest absolute Gasteiger partial charge is 0.0706 e. The van der Waals surface area contributed by atoms with Crippen LogP contribution < -0.4 is 0 Å². The molecule has 0 spiro atoms. The van der Waals surface area contributed by atoms with Crippen LogP contribution in [0.4, 0.5) is 0 Å². The Morgan fingerprint density at radius 2 is 1.94 bits per heavy atom. The van der Waals surface area contributed by atoms with E-state index in [1.54, 1.807) is 0 Å². The van der Waals surface area contributed by atoms with Crippen LogP contribution in [-0.2, 0) is 0 Å². The van der Waals surface area contributed by atoms with Crippen molar-refractivity contribution in [1.82, 2.24) is 0 Å². The van der Waals surface area contributed by atoms with Crippen molar-refractivity contribution in [2.24, 2.45) is 17.3 Å². The van der Waals surface area contributed by atoms with Crippen LogP contribution >= 0.6 is 0 Å². The molecular weight excluding hydrogens is 212 g/mol. The number of hydrogen-bond donors (Lipinski definition) is 2. The molecule has 0 aromatic carbocycles. The number of fused-ring (bicyclic) bond motifs is 1. The lowest BCUT2D eigenvalue weighted by atomic mass is 9.60. The Bertz CT molecular complexity index is 266. The summed E-state index contributed by atoms with van der Waals surface area (Å²) in [5, 5.41) is 19.7. The number of aliphatic hydroxyl groups is 2. The molecule has 0 aromatic rings. The lowest BCUT2D eigenvalue weighted by molar-refractivity contribution is -0.113. The molecule has 2 N–H and O–H groups in total. The van der Waals surface area contributed by atoms with Crippen molar-refractivity contribution in [3.8, 4) is 0 Å². The monoisotopic (exact) mass is 240 g/mol. The molecule has 0 amide bonds. The fourth-order valence-corrected chi connectivity index (χ4v) is 4.21. The third kappa shape index (κ3) is 2.26. The summed E-state index contributed by atoms with van der Waals surface area (Å²) in [6.07, 6.45) is 8.87. The Balaban J connectivity index is 1.94. The van der Waals surface area contributed by atoms with Crippen molar-refractivity contribution < 1.29 is 10.2 Å². The van der Waals surface area contributed by atoms with E-state index >= 15 is 0 Å². The molecular formula is C15H28O2. The molecule has 4 unspecified atom stereocenters. The Labute approximate surface area is 105 Å². The van der Waals surface area contributed by atoms with E-state index in [9.17, 15) is 5.11 Å². The van der Waals surface area contributed by atoms with Gasteiger partial charge in [-0.1, -0.05) is 26.7 Å². The maximum absolute atomic E-state index is 10.9. The highest BCUT2D eigenvalue weighted by atomic mass is 16.3. The molecule has 2 aliphatic carbocycles. The topological polar surface area (TPSA) is 40.5 Å². The maximum atomic E-state index is 10.9. The molecule has 0 bridgehead atoms. The zero-order valence-electron chi connectivity index (χ0n) is 11.4. The van der Waals surface area contributed by atoms with Crippen LogP contribution in [0.1, 0.15) is 65.2 Å². The Morgan fingerprint density at radius 3 is 2.65 bits per heavy atom. The van der Waals surface area contributed by atoms with E-state index in [0.717, 1.165) is 25.7 Å². The van der Waals surface area contributed by atoms with Gasteiger partial charge in [0.05, 0.1) is 5.60 Å². The number of hydrogen-bond acceptors (Lipinski definition) is 2. The number of rotatable bonds is 4. The maximum Gasteiger partial charge on any atom is 0.0706 e. The van der Waals surface area contributed by atoms with E-state index in [2.05, 4.69) is 13.8 Å². The molecule has 17 heavy (non-hydrogen) atoms. The predicted octanol–water partition coefficient (Wildman–Crippen LogP) is 3.12. The van der Waals surface area contributed by atoms with Gasteiger partial charge in [0.2, 0.25) is 0 Å². The summed E-state index contributed by atoms with van der Waals surface area (Å²) in [6.45, 7) is 4.92. The molecule has 2 heteroatoms. The van der Waals surface area contributed by atoms with Crippen LogP contribution in [0.15, 0.2) is 0 Å². The second-order valence-electron chi connectivity index (χ2n) is 6.72. The Kier molecular flexibility index (Phi) is 3.84. The van der Waals surface area contributed by atoms with Gasteiger partial charge in [0.1, 0.15) is 0 Å². The highest BCUT2D eigenvalue weighted by Gasteiger charge is 2.56. The van der Waals surface area contributed by atoms with Gasteiger partial charge in [-0.25, -0.2) is 0 Å². The average molecular weight is 240 g/mol. The number of aliphatic hydroxyl groups excluding tert-OH is 1. The first kappa shape index (κ1) is 13.4. The first-order valence-corrected chi connectivity index (χ1v) is 7.35. The van der Waals surface area contributed by atoms with Gasteiger partial charge in [0.15, 0.2) is 0 Å².